The maximum Gasteiger partial charge on any atom is 0.259 e. The Morgan fingerprint density at radius 2 is 2.03 bits per heavy atom. The van der Waals surface area contributed by atoms with Crippen molar-refractivity contribution >= 4 is 28.6 Å². The van der Waals surface area contributed by atoms with Gasteiger partial charge in [-0.25, -0.2) is 4.98 Å². The summed E-state index contributed by atoms with van der Waals surface area (Å²) < 4.78 is 5.30. The molecule has 1 aliphatic rings. The molecular formula is C23H26N4O3. The summed E-state index contributed by atoms with van der Waals surface area (Å²) in [7, 11) is 0. The summed E-state index contributed by atoms with van der Waals surface area (Å²) in [5, 5.41) is 10.5. The number of aromatic nitrogens is 2. The van der Waals surface area contributed by atoms with E-state index < -0.39 is 0 Å². The molecule has 2 amide bonds. The molecule has 7 heteroatoms. The molecule has 0 aliphatic heterocycles. The van der Waals surface area contributed by atoms with E-state index in [0.717, 1.165) is 36.2 Å². The molecule has 0 spiro atoms. The zero-order valence-corrected chi connectivity index (χ0v) is 17.5. The quantitative estimate of drug-likeness (QED) is 0.635. The predicted molar refractivity (Wildman–Crippen MR) is 114 cm³/mol. The van der Waals surface area contributed by atoms with Gasteiger partial charge in [0, 0.05) is 23.8 Å². The minimum absolute atomic E-state index is 0.0748. The Balaban J connectivity index is 1.49. The van der Waals surface area contributed by atoms with Crippen molar-refractivity contribution in [3.8, 4) is 0 Å². The fourth-order valence-electron chi connectivity index (χ4n) is 3.54. The summed E-state index contributed by atoms with van der Waals surface area (Å²) in [5.41, 5.74) is 3.97. The van der Waals surface area contributed by atoms with Gasteiger partial charge >= 0.3 is 0 Å². The number of hydrogen-bond donors (Lipinski definition) is 2. The van der Waals surface area contributed by atoms with Gasteiger partial charge in [-0.05, 0) is 49.4 Å². The Kier molecular flexibility index (Phi) is 5.53. The second kappa shape index (κ2) is 8.26. The van der Waals surface area contributed by atoms with Crippen LogP contribution in [-0.2, 0) is 11.3 Å². The average molecular weight is 406 g/mol. The number of fused-ring (bicyclic) bond motifs is 1. The molecule has 0 unspecified atom stereocenters. The van der Waals surface area contributed by atoms with Gasteiger partial charge in [0.05, 0.1) is 16.6 Å². The minimum atomic E-state index is -0.209. The number of rotatable bonds is 6. The van der Waals surface area contributed by atoms with E-state index in [9.17, 15) is 9.59 Å². The standard InChI is InChI=1S/C23H26N4O3/c1-13(2)19-11-18(20-14(3)27-30-23(20)26-19)22(29)24-12-15-6-4-9-17(10-15)25-21(28)16-7-5-8-16/h4,6,9-11,13,16H,5,7-8,12H2,1-3H3,(H,24,29)(H,25,28). The SMILES string of the molecule is Cc1noc2nc(C(C)C)cc(C(=O)NCc3cccc(NC(=O)C4CCC4)c3)c12. The van der Waals surface area contributed by atoms with E-state index in [1.165, 1.54) is 0 Å². The van der Waals surface area contributed by atoms with Crippen molar-refractivity contribution < 1.29 is 14.1 Å². The van der Waals surface area contributed by atoms with Crippen LogP contribution in [0.4, 0.5) is 5.69 Å². The molecule has 2 heterocycles. The van der Waals surface area contributed by atoms with E-state index in [2.05, 4.69) is 20.8 Å². The zero-order chi connectivity index (χ0) is 21.3. The van der Waals surface area contributed by atoms with Crippen LogP contribution in [-0.4, -0.2) is 22.0 Å². The highest BCUT2D eigenvalue weighted by Gasteiger charge is 2.25. The number of pyridine rings is 1. The van der Waals surface area contributed by atoms with Gasteiger partial charge in [-0.2, -0.15) is 0 Å². The molecule has 1 saturated carbocycles. The van der Waals surface area contributed by atoms with Crippen molar-refractivity contribution in [1.82, 2.24) is 15.5 Å². The van der Waals surface area contributed by atoms with Gasteiger partial charge in [-0.3, -0.25) is 9.59 Å². The number of carbonyl (C=O) groups excluding carboxylic acids is 2. The molecule has 1 aliphatic carbocycles. The topological polar surface area (TPSA) is 97.1 Å². The van der Waals surface area contributed by atoms with Gasteiger partial charge in [0.25, 0.3) is 11.6 Å². The Hall–Kier alpha value is -3.22. The van der Waals surface area contributed by atoms with Crippen molar-refractivity contribution in [1.29, 1.82) is 0 Å². The first kappa shape index (κ1) is 20.1. The number of benzene rings is 1. The van der Waals surface area contributed by atoms with Gasteiger partial charge in [-0.1, -0.05) is 37.6 Å². The Morgan fingerprint density at radius 3 is 2.73 bits per heavy atom. The summed E-state index contributed by atoms with van der Waals surface area (Å²) in [6.07, 6.45) is 3.04. The molecule has 0 atom stereocenters. The molecule has 1 aromatic carbocycles. The molecule has 0 radical (unpaired) electrons. The summed E-state index contributed by atoms with van der Waals surface area (Å²) >= 11 is 0. The number of amides is 2. The van der Waals surface area contributed by atoms with E-state index >= 15 is 0 Å². The lowest BCUT2D eigenvalue weighted by Crippen LogP contribution is -2.28. The maximum atomic E-state index is 13.0. The molecule has 7 nitrogen and oxygen atoms in total. The molecule has 2 N–H and O–H groups in total. The number of aryl methyl sites for hydroxylation is 1. The first-order chi connectivity index (χ1) is 14.4. The highest BCUT2D eigenvalue weighted by molar-refractivity contribution is 6.06. The molecule has 3 aromatic rings. The molecule has 156 valence electrons. The van der Waals surface area contributed by atoms with Gasteiger partial charge in [0.2, 0.25) is 5.91 Å². The first-order valence-corrected chi connectivity index (χ1v) is 10.4. The van der Waals surface area contributed by atoms with Crippen molar-refractivity contribution in [2.75, 3.05) is 5.32 Å². The van der Waals surface area contributed by atoms with Crippen molar-refractivity contribution in [2.24, 2.45) is 5.92 Å². The Labute approximate surface area is 175 Å². The maximum absolute atomic E-state index is 13.0. The fourth-order valence-corrected chi connectivity index (χ4v) is 3.54. The molecule has 4 rings (SSSR count). The lowest BCUT2D eigenvalue weighted by Gasteiger charge is -2.24. The molecular weight excluding hydrogens is 380 g/mol. The number of anilines is 1. The monoisotopic (exact) mass is 406 g/mol. The second-order valence-corrected chi connectivity index (χ2v) is 8.20. The normalized spacial score (nSPS) is 14.0. The summed E-state index contributed by atoms with van der Waals surface area (Å²) in [4.78, 5) is 29.6. The van der Waals surface area contributed by atoms with Crippen LogP contribution in [0.5, 0.6) is 0 Å². The molecule has 1 fully saturated rings. The van der Waals surface area contributed by atoms with E-state index in [1.54, 1.807) is 6.92 Å². The van der Waals surface area contributed by atoms with Gasteiger partial charge in [0.1, 0.15) is 0 Å². The third kappa shape index (κ3) is 4.06. The van der Waals surface area contributed by atoms with E-state index in [1.807, 2.05) is 44.2 Å². The largest absolute Gasteiger partial charge is 0.348 e. The van der Waals surface area contributed by atoms with Crippen LogP contribution >= 0.6 is 0 Å². The van der Waals surface area contributed by atoms with Crippen molar-refractivity contribution in [2.45, 2.75) is 52.5 Å². The number of carbonyl (C=O) groups is 2. The summed E-state index contributed by atoms with van der Waals surface area (Å²) in [5.74, 6) is 0.150. The smallest absolute Gasteiger partial charge is 0.259 e. The van der Waals surface area contributed by atoms with Gasteiger partial charge in [-0.15, -0.1) is 0 Å². The third-order valence-corrected chi connectivity index (χ3v) is 5.60. The van der Waals surface area contributed by atoms with E-state index in [0.29, 0.717) is 28.9 Å². The van der Waals surface area contributed by atoms with E-state index in [-0.39, 0.29) is 23.7 Å². The highest BCUT2D eigenvalue weighted by Crippen LogP contribution is 2.28. The molecule has 30 heavy (non-hydrogen) atoms. The lowest BCUT2D eigenvalue weighted by atomic mass is 9.85. The number of hydrogen-bond acceptors (Lipinski definition) is 5. The summed E-state index contributed by atoms with van der Waals surface area (Å²) in [6.45, 7) is 6.18. The molecule has 0 bridgehead atoms. The highest BCUT2D eigenvalue weighted by atomic mass is 16.5. The predicted octanol–water partition coefficient (Wildman–Crippen LogP) is 4.32. The van der Waals surface area contributed by atoms with Crippen LogP contribution in [0, 0.1) is 12.8 Å². The average Bonchev–Trinajstić information content (AvgIpc) is 3.05. The van der Waals surface area contributed by atoms with E-state index in [4.69, 9.17) is 4.52 Å². The van der Waals surface area contributed by atoms with Gasteiger partial charge in [0.15, 0.2) is 0 Å². The van der Waals surface area contributed by atoms with Crippen molar-refractivity contribution in [3.63, 3.8) is 0 Å². The van der Waals surface area contributed by atoms with Crippen LogP contribution in [0.1, 0.15) is 66.3 Å². The van der Waals surface area contributed by atoms with Crippen LogP contribution in [0.25, 0.3) is 11.1 Å². The Bertz CT molecular complexity index is 1100. The van der Waals surface area contributed by atoms with Crippen molar-refractivity contribution in [3.05, 3.63) is 52.8 Å². The molecule has 0 saturated heterocycles. The Morgan fingerprint density at radius 1 is 1.23 bits per heavy atom. The molecule has 2 aromatic heterocycles. The third-order valence-electron chi connectivity index (χ3n) is 5.60. The number of nitrogens with one attached hydrogen (secondary N) is 2. The van der Waals surface area contributed by atoms with Crippen LogP contribution < -0.4 is 10.6 Å². The lowest BCUT2D eigenvalue weighted by molar-refractivity contribution is -0.122. The minimum Gasteiger partial charge on any atom is -0.348 e. The van der Waals surface area contributed by atoms with Crippen LogP contribution in [0.15, 0.2) is 34.9 Å². The number of nitrogens with zero attached hydrogens (tertiary/aromatic N) is 2. The summed E-state index contributed by atoms with van der Waals surface area (Å²) in [6, 6.07) is 9.36. The fraction of sp³-hybridized carbons (Fsp3) is 0.391. The van der Waals surface area contributed by atoms with Gasteiger partial charge < -0.3 is 15.2 Å². The first-order valence-electron chi connectivity index (χ1n) is 10.4. The van der Waals surface area contributed by atoms with Crippen LogP contribution in [0.3, 0.4) is 0 Å². The van der Waals surface area contributed by atoms with Crippen LogP contribution in [0.2, 0.25) is 0 Å². The second-order valence-electron chi connectivity index (χ2n) is 8.20. The zero-order valence-electron chi connectivity index (χ0n) is 17.5.